The van der Waals surface area contributed by atoms with Crippen molar-refractivity contribution in [3.8, 4) is 0 Å². The molecule has 4 rings (SSSR count). The van der Waals surface area contributed by atoms with Gasteiger partial charge in [-0.05, 0) is 17.5 Å². The topological polar surface area (TPSA) is 15.8 Å². The van der Waals surface area contributed by atoms with Crippen molar-refractivity contribution in [2.45, 2.75) is 0 Å². The summed E-state index contributed by atoms with van der Waals surface area (Å²) in [6.07, 6.45) is 0. The minimum absolute atomic E-state index is 1.15. The lowest BCUT2D eigenvalue weighted by atomic mass is 10.1. The average molecular weight is 296 g/mol. The fourth-order valence-electron chi connectivity index (χ4n) is 2.64. The van der Waals surface area contributed by atoms with Crippen LogP contribution in [0.4, 0.5) is 0 Å². The van der Waals surface area contributed by atoms with E-state index in [2.05, 4.69) is 75.5 Å². The molecule has 0 saturated carbocycles. The first-order chi connectivity index (χ1) is 8.84. The number of aromatic amines is 1. The van der Waals surface area contributed by atoms with Crippen molar-refractivity contribution < 1.29 is 0 Å². The normalized spacial score (nSPS) is 11.6. The molecule has 1 N–H and O–H groups in total. The third-order valence-electron chi connectivity index (χ3n) is 3.47. The quantitative estimate of drug-likeness (QED) is 0.457. The second-order valence-electron chi connectivity index (χ2n) is 4.50. The lowest BCUT2D eigenvalue weighted by molar-refractivity contribution is 1.56. The van der Waals surface area contributed by atoms with Gasteiger partial charge in [0.05, 0.1) is 5.52 Å². The molecule has 0 radical (unpaired) electrons. The van der Waals surface area contributed by atoms with Crippen molar-refractivity contribution in [1.29, 1.82) is 0 Å². The van der Waals surface area contributed by atoms with Crippen LogP contribution in [0.15, 0.2) is 59.1 Å². The van der Waals surface area contributed by atoms with Crippen LogP contribution >= 0.6 is 15.9 Å². The van der Waals surface area contributed by atoms with Crippen molar-refractivity contribution >= 4 is 48.5 Å². The van der Waals surface area contributed by atoms with E-state index in [0.29, 0.717) is 0 Å². The number of rotatable bonds is 0. The highest BCUT2D eigenvalue weighted by Gasteiger charge is 2.09. The van der Waals surface area contributed by atoms with E-state index in [1.54, 1.807) is 0 Å². The largest absolute Gasteiger partial charge is 0.354 e. The number of halogens is 1. The highest BCUT2D eigenvalue weighted by molar-refractivity contribution is 9.10. The van der Waals surface area contributed by atoms with Gasteiger partial charge in [0.25, 0.3) is 0 Å². The van der Waals surface area contributed by atoms with E-state index >= 15 is 0 Å². The van der Waals surface area contributed by atoms with Gasteiger partial charge in [0.1, 0.15) is 0 Å². The van der Waals surface area contributed by atoms with Gasteiger partial charge in [-0.25, -0.2) is 0 Å². The Balaban J connectivity index is 2.36. The highest BCUT2D eigenvalue weighted by Crippen LogP contribution is 2.35. The second-order valence-corrected chi connectivity index (χ2v) is 5.35. The number of aromatic nitrogens is 1. The Bertz CT molecular complexity index is 889. The van der Waals surface area contributed by atoms with E-state index in [0.717, 1.165) is 4.47 Å². The number of hydrogen-bond acceptors (Lipinski definition) is 0. The molecule has 0 atom stereocenters. The first-order valence-corrected chi connectivity index (χ1v) is 6.71. The summed E-state index contributed by atoms with van der Waals surface area (Å²) in [5, 5.41) is 5.06. The van der Waals surface area contributed by atoms with Gasteiger partial charge >= 0.3 is 0 Å². The van der Waals surface area contributed by atoms with Crippen LogP contribution in [0.25, 0.3) is 32.6 Å². The Morgan fingerprint density at radius 1 is 0.722 bits per heavy atom. The molecule has 0 bridgehead atoms. The molecule has 0 unspecified atom stereocenters. The standard InChI is InChI=1S/C16H10BrN/c17-14-9-13-11-6-3-4-8-15(11)18-16(13)12-7-2-1-5-10(12)14/h1-9,18H. The minimum Gasteiger partial charge on any atom is -0.354 e. The van der Waals surface area contributed by atoms with Crippen LogP contribution in [0.1, 0.15) is 0 Å². The molecular formula is C16H10BrN. The fourth-order valence-corrected chi connectivity index (χ4v) is 3.21. The predicted molar refractivity (Wildman–Crippen MR) is 81.0 cm³/mol. The molecule has 2 heteroatoms. The highest BCUT2D eigenvalue weighted by atomic mass is 79.9. The van der Waals surface area contributed by atoms with Gasteiger partial charge in [-0.15, -0.1) is 0 Å². The van der Waals surface area contributed by atoms with Crippen LogP contribution in [-0.4, -0.2) is 4.98 Å². The summed E-state index contributed by atoms with van der Waals surface area (Å²) in [7, 11) is 0. The Morgan fingerprint density at radius 3 is 2.22 bits per heavy atom. The number of benzene rings is 3. The molecule has 1 aromatic heterocycles. The molecule has 0 aliphatic carbocycles. The summed E-state index contributed by atoms with van der Waals surface area (Å²) in [5.74, 6) is 0. The SMILES string of the molecule is Brc1cc2c3ccccc3[nH]c2c2ccccc12. The van der Waals surface area contributed by atoms with Crippen molar-refractivity contribution in [1.82, 2.24) is 4.98 Å². The molecule has 0 saturated heterocycles. The maximum Gasteiger partial charge on any atom is 0.0545 e. The summed E-state index contributed by atoms with van der Waals surface area (Å²) in [6, 6.07) is 19.1. The van der Waals surface area contributed by atoms with Crippen molar-refractivity contribution in [2.24, 2.45) is 0 Å². The minimum atomic E-state index is 1.15. The Kier molecular flexibility index (Phi) is 2.03. The third-order valence-corrected chi connectivity index (χ3v) is 4.13. The Hall–Kier alpha value is -1.80. The van der Waals surface area contributed by atoms with Crippen LogP contribution in [0, 0.1) is 0 Å². The van der Waals surface area contributed by atoms with E-state index in [1.807, 2.05) is 0 Å². The number of para-hydroxylation sites is 1. The third kappa shape index (κ3) is 1.27. The van der Waals surface area contributed by atoms with Gasteiger partial charge in [-0.1, -0.05) is 58.4 Å². The van der Waals surface area contributed by atoms with Crippen molar-refractivity contribution in [3.63, 3.8) is 0 Å². The number of hydrogen-bond donors (Lipinski definition) is 1. The van der Waals surface area contributed by atoms with Gasteiger partial charge in [0.2, 0.25) is 0 Å². The molecule has 0 amide bonds. The van der Waals surface area contributed by atoms with Crippen molar-refractivity contribution in [2.75, 3.05) is 0 Å². The first kappa shape index (κ1) is 10.2. The smallest absolute Gasteiger partial charge is 0.0545 e. The molecule has 0 aliphatic rings. The van der Waals surface area contributed by atoms with Gasteiger partial charge in [0, 0.05) is 26.1 Å². The lowest BCUT2D eigenvalue weighted by Crippen LogP contribution is -1.77. The molecule has 0 fully saturated rings. The van der Waals surface area contributed by atoms with E-state index in [9.17, 15) is 0 Å². The van der Waals surface area contributed by atoms with E-state index in [1.165, 1.54) is 32.6 Å². The monoisotopic (exact) mass is 295 g/mol. The Morgan fingerprint density at radius 2 is 1.39 bits per heavy atom. The van der Waals surface area contributed by atoms with Crippen LogP contribution in [0.5, 0.6) is 0 Å². The zero-order valence-corrected chi connectivity index (χ0v) is 11.2. The van der Waals surface area contributed by atoms with Crippen molar-refractivity contribution in [3.05, 3.63) is 59.1 Å². The summed E-state index contributed by atoms with van der Waals surface area (Å²) < 4.78 is 1.15. The maximum atomic E-state index is 3.67. The molecular weight excluding hydrogens is 286 g/mol. The molecule has 3 aromatic carbocycles. The molecule has 4 aromatic rings. The van der Waals surface area contributed by atoms with Gasteiger partial charge in [-0.2, -0.15) is 0 Å². The maximum absolute atomic E-state index is 3.67. The number of H-pyrrole nitrogens is 1. The molecule has 1 nitrogen and oxygen atoms in total. The van der Waals surface area contributed by atoms with Crippen LogP contribution in [-0.2, 0) is 0 Å². The lowest BCUT2D eigenvalue weighted by Gasteiger charge is -2.02. The zero-order valence-electron chi connectivity index (χ0n) is 9.57. The van der Waals surface area contributed by atoms with Gasteiger partial charge in [-0.3, -0.25) is 0 Å². The molecule has 18 heavy (non-hydrogen) atoms. The Labute approximate surface area is 113 Å². The van der Waals surface area contributed by atoms with Crippen LogP contribution < -0.4 is 0 Å². The number of fused-ring (bicyclic) bond motifs is 5. The molecule has 0 spiro atoms. The van der Waals surface area contributed by atoms with Crippen LogP contribution in [0.2, 0.25) is 0 Å². The van der Waals surface area contributed by atoms with E-state index in [4.69, 9.17) is 0 Å². The summed E-state index contributed by atoms with van der Waals surface area (Å²) >= 11 is 3.67. The second kappa shape index (κ2) is 3.59. The zero-order chi connectivity index (χ0) is 12.1. The fraction of sp³-hybridized carbons (Fsp3) is 0. The van der Waals surface area contributed by atoms with Gasteiger partial charge in [0.15, 0.2) is 0 Å². The molecule has 1 heterocycles. The summed E-state index contributed by atoms with van der Waals surface area (Å²) in [4.78, 5) is 3.53. The van der Waals surface area contributed by atoms with Crippen LogP contribution in [0.3, 0.4) is 0 Å². The first-order valence-electron chi connectivity index (χ1n) is 5.92. The van der Waals surface area contributed by atoms with E-state index < -0.39 is 0 Å². The predicted octanol–water partition coefficient (Wildman–Crippen LogP) is 5.24. The average Bonchev–Trinajstić information content (AvgIpc) is 2.78. The summed E-state index contributed by atoms with van der Waals surface area (Å²) in [5.41, 5.74) is 2.41. The molecule has 0 aliphatic heterocycles. The number of nitrogens with one attached hydrogen (secondary N) is 1. The van der Waals surface area contributed by atoms with E-state index in [-0.39, 0.29) is 0 Å². The molecule has 86 valence electrons. The van der Waals surface area contributed by atoms with Gasteiger partial charge < -0.3 is 4.98 Å². The summed E-state index contributed by atoms with van der Waals surface area (Å²) in [6.45, 7) is 0.